The van der Waals surface area contributed by atoms with Crippen molar-refractivity contribution in [2.45, 2.75) is 12.8 Å². The summed E-state index contributed by atoms with van der Waals surface area (Å²) in [6.07, 6.45) is 7.56. The highest BCUT2D eigenvalue weighted by Gasteiger charge is 2.12. The Morgan fingerprint density at radius 1 is 1.25 bits per heavy atom. The number of rotatable bonds is 2. The van der Waals surface area contributed by atoms with Crippen LogP contribution in [-0.2, 0) is 0 Å². The second kappa shape index (κ2) is 4.59. The maximum Gasteiger partial charge on any atom is 0.189 e. The van der Waals surface area contributed by atoms with E-state index in [0.29, 0.717) is 11.1 Å². The van der Waals surface area contributed by atoms with Gasteiger partial charge in [-0.2, -0.15) is 5.26 Å². The third kappa shape index (κ3) is 2.09. The molecular formula is C14H11NO. The van der Waals surface area contributed by atoms with Crippen LogP contribution in [-0.4, -0.2) is 5.78 Å². The minimum Gasteiger partial charge on any atom is -0.289 e. The molecule has 0 saturated heterocycles. The van der Waals surface area contributed by atoms with Crippen LogP contribution in [0.2, 0.25) is 0 Å². The monoisotopic (exact) mass is 209 g/mol. The van der Waals surface area contributed by atoms with E-state index in [9.17, 15) is 4.79 Å². The van der Waals surface area contributed by atoms with Gasteiger partial charge in [-0.05, 0) is 37.1 Å². The zero-order valence-electron chi connectivity index (χ0n) is 8.81. The summed E-state index contributed by atoms with van der Waals surface area (Å²) in [5.41, 5.74) is 2.07. The molecule has 0 saturated carbocycles. The van der Waals surface area contributed by atoms with E-state index >= 15 is 0 Å². The molecule has 0 bridgehead atoms. The van der Waals surface area contributed by atoms with Crippen molar-refractivity contribution in [1.29, 1.82) is 5.26 Å². The molecule has 78 valence electrons. The van der Waals surface area contributed by atoms with E-state index in [1.165, 1.54) is 0 Å². The van der Waals surface area contributed by atoms with Crippen LogP contribution in [0.15, 0.2) is 48.1 Å². The molecule has 0 spiro atoms. The lowest BCUT2D eigenvalue weighted by Gasteiger charge is -2.07. The number of nitriles is 1. The first-order chi connectivity index (χ1) is 7.81. The lowest BCUT2D eigenvalue weighted by atomic mass is 9.96. The molecule has 1 aromatic carbocycles. The normalized spacial score (nSPS) is 14.1. The summed E-state index contributed by atoms with van der Waals surface area (Å²) in [6.45, 7) is 0. The number of hydrogen-bond donors (Lipinski definition) is 0. The Balaban J connectivity index is 2.24. The zero-order chi connectivity index (χ0) is 11.4. The number of carbonyl (C=O) groups excluding carboxylic acids is 1. The summed E-state index contributed by atoms with van der Waals surface area (Å²) in [5.74, 6) is 0.0637. The number of Topliss-reactive ketones (excluding diaryl/α,β-unsaturated/α-hetero) is 1. The predicted octanol–water partition coefficient (Wildman–Crippen LogP) is 3.02. The molecule has 2 nitrogen and oxygen atoms in total. The molecular weight excluding hydrogens is 198 g/mol. The third-order valence-electron chi connectivity index (χ3n) is 2.58. The maximum atomic E-state index is 12.0. The molecule has 1 aliphatic rings. The zero-order valence-corrected chi connectivity index (χ0v) is 8.81. The molecule has 0 amide bonds. The molecule has 0 radical (unpaired) electrons. The van der Waals surface area contributed by atoms with Crippen molar-refractivity contribution >= 4 is 5.78 Å². The van der Waals surface area contributed by atoms with Gasteiger partial charge in [-0.3, -0.25) is 4.79 Å². The lowest BCUT2D eigenvalue weighted by Crippen LogP contribution is -2.04. The average molecular weight is 209 g/mol. The van der Waals surface area contributed by atoms with Gasteiger partial charge in [-0.1, -0.05) is 18.2 Å². The predicted molar refractivity (Wildman–Crippen MR) is 61.9 cm³/mol. The Bertz CT molecular complexity index is 501. The first kappa shape index (κ1) is 10.4. The largest absolute Gasteiger partial charge is 0.289 e. The molecule has 16 heavy (non-hydrogen) atoms. The number of carbonyl (C=O) groups is 1. The summed E-state index contributed by atoms with van der Waals surface area (Å²) in [5, 5.41) is 8.66. The Kier molecular flexibility index (Phi) is 2.98. The molecule has 1 aromatic rings. The van der Waals surface area contributed by atoms with E-state index in [2.05, 4.69) is 6.08 Å². The molecule has 0 aliphatic heterocycles. The van der Waals surface area contributed by atoms with Crippen LogP contribution in [0, 0.1) is 11.3 Å². The van der Waals surface area contributed by atoms with Gasteiger partial charge in [0.2, 0.25) is 0 Å². The van der Waals surface area contributed by atoms with Gasteiger partial charge < -0.3 is 0 Å². The fourth-order valence-corrected chi connectivity index (χ4v) is 1.67. The van der Waals surface area contributed by atoms with Crippen LogP contribution >= 0.6 is 0 Å². The van der Waals surface area contributed by atoms with Crippen molar-refractivity contribution in [3.8, 4) is 6.07 Å². The summed E-state index contributed by atoms with van der Waals surface area (Å²) in [4.78, 5) is 12.0. The molecule has 0 aromatic heterocycles. The number of ketones is 1. The highest BCUT2D eigenvalue weighted by molar-refractivity contribution is 6.09. The first-order valence-electron chi connectivity index (χ1n) is 5.22. The van der Waals surface area contributed by atoms with Gasteiger partial charge in [-0.25, -0.2) is 0 Å². The Morgan fingerprint density at radius 2 is 2.00 bits per heavy atom. The van der Waals surface area contributed by atoms with Crippen molar-refractivity contribution in [2.75, 3.05) is 0 Å². The van der Waals surface area contributed by atoms with E-state index in [4.69, 9.17) is 5.26 Å². The Labute approximate surface area is 94.5 Å². The summed E-state index contributed by atoms with van der Waals surface area (Å²) in [6, 6.07) is 8.80. The van der Waals surface area contributed by atoms with E-state index in [1.54, 1.807) is 24.3 Å². The second-order valence-corrected chi connectivity index (χ2v) is 3.68. The van der Waals surface area contributed by atoms with Gasteiger partial charge in [0.1, 0.15) is 0 Å². The van der Waals surface area contributed by atoms with Crippen molar-refractivity contribution in [2.24, 2.45) is 0 Å². The molecule has 2 heteroatoms. The van der Waals surface area contributed by atoms with Crippen LogP contribution in [0.5, 0.6) is 0 Å². The fourth-order valence-electron chi connectivity index (χ4n) is 1.67. The lowest BCUT2D eigenvalue weighted by molar-refractivity contribution is 0.103. The van der Waals surface area contributed by atoms with Crippen molar-refractivity contribution < 1.29 is 4.79 Å². The van der Waals surface area contributed by atoms with Crippen LogP contribution in [0.3, 0.4) is 0 Å². The smallest absolute Gasteiger partial charge is 0.189 e. The Hall–Kier alpha value is -2.14. The minimum absolute atomic E-state index is 0.0637. The van der Waals surface area contributed by atoms with Crippen LogP contribution in [0.4, 0.5) is 0 Å². The molecule has 2 rings (SSSR count). The first-order valence-corrected chi connectivity index (χ1v) is 5.22. The van der Waals surface area contributed by atoms with Crippen LogP contribution in [0.1, 0.15) is 28.8 Å². The fraction of sp³-hybridized carbons (Fsp3) is 0.143. The van der Waals surface area contributed by atoms with Crippen molar-refractivity contribution in [3.05, 3.63) is 59.2 Å². The highest BCUT2D eigenvalue weighted by atomic mass is 16.1. The van der Waals surface area contributed by atoms with Crippen LogP contribution < -0.4 is 0 Å². The summed E-state index contributed by atoms with van der Waals surface area (Å²) >= 11 is 0. The van der Waals surface area contributed by atoms with Crippen LogP contribution in [0.25, 0.3) is 0 Å². The summed E-state index contributed by atoms with van der Waals surface area (Å²) in [7, 11) is 0. The van der Waals surface area contributed by atoms with E-state index < -0.39 is 0 Å². The quantitative estimate of drug-likeness (QED) is 0.702. The summed E-state index contributed by atoms with van der Waals surface area (Å²) < 4.78 is 0. The van der Waals surface area contributed by atoms with Gasteiger partial charge in [-0.15, -0.1) is 0 Å². The van der Waals surface area contributed by atoms with E-state index in [0.717, 1.165) is 18.4 Å². The van der Waals surface area contributed by atoms with E-state index in [1.807, 2.05) is 18.2 Å². The topological polar surface area (TPSA) is 40.9 Å². The minimum atomic E-state index is 0.0637. The molecule has 0 unspecified atom stereocenters. The van der Waals surface area contributed by atoms with Gasteiger partial charge in [0.15, 0.2) is 5.78 Å². The van der Waals surface area contributed by atoms with E-state index in [-0.39, 0.29) is 5.78 Å². The molecule has 0 heterocycles. The van der Waals surface area contributed by atoms with Crippen molar-refractivity contribution in [3.63, 3.8) is 0 Å². The van der Waals surface area contributed by atoms with Gasteiger partial charge in [0, 0.05) is 11.1 Å². The standard InChI is InChI=1S/C14H11NO/c15-10-11-6-8-13(9-7-11)14(16)12-4-2-1-3-5-12/h1-2,4,6-9H,3,5H2. The SMILES string of the molecule is N#Cc1ccc(C(=O)C2=CC=CCC2)cc1. The number of benzene rings is 1. The number of nitrogens with zero attached hydrogens (tertiary/aromatic N) is 1. The number of allylic oxidation sites excluding steroid dienone is 4. The van der Waals surface area contributed by atoms with Gasteiger partial charge >= 0.3 is 0 Å². The van der Waals surface area contributed by atoms with Gasteiger partial charge in [0.05, 0.1) is 11.6 Å². The molecule has 1 aliphatic carbocycles. The molecule has 0 fully saturated rings. The third-order valence-corrected chi connectivity index (χ3v) is 2.58. The number of hydrogen-bond acceptors (Lipinski definition) is 2. The second-order valence-electron chi connectivity index (χ2n) is 3.68. The Morgan fingerprint density at radius 3 is 2.56 bits per heavy atom. The van der Waals surface area contributed by atoms with Crippen molar-refractivity contribution in [1.82, 2.24) is 0 Å². The van der Waals surface area contributed by atoms with Gasteiger partial charge in [0.25, 0.3) is 0 Å². The molecule has 0 N–H and O–H groups in total. The molecule has 0 atom stereocenters. The maximum absolute atomic E-state index is 12.0. The average Bonchev–Trinajstić information content (AvgIpc) is 2.39. The highest BCUT2D eigenvalue weighted by Crippen LogP contribution is 2.17.